The number of likely N-dealkylation sites (N-methyl/N-ethyl adjacent to an activating group) is 1. The molecule has 3 aromatic rings. The van der Waals surface area contributed by atoms with Gasteiger partial charge in [-0.2, -0.15) is 0 Å². The number of aromatic nitrogens is 2. The minimum atomic E-state index is -3.27. The van der Waals surface area contributed by atoms with Gasteiger partial charge in [-0.3, -0.25) is 4.72 Å². The fourth-order valence-electron chi connectivity index (χ4n) is 2.57. The number of anilines is 1. The van der Waals surface area contributed by atoms with Crippen LogP contribution in [0, 0.1) is 0 Å². The Balaban J connectivity index is 1.40. The molecule has 1 aromatic heterocycles. The molecule has 0 saturated carbocycles. The van der Waals surface area contributed by atoms with E-state index in [0.717, 1.165) is 36.8 Å². The summed E-state index contributed by atoms with van der Waals surface area (Å²) in [6, 6.07) is 12.8. The molecule has 0 fully saturated rings. The van der Waals surface area contributed by atoms with Crippen LogP contribution in [0.15, 0.2) is 47.1 Å². The molecule has 3 rings (SSSR count). The van der Waals surface area contributed by atoms with Gasteiger partial charge < -0.3 is 9.64 Å². The molecule has 0 unspecified atom stereocenters. The number of sulfonamides is 1. The average molecular weight is 390 g/mol. The van der Waals surface area contributed by atoms with Gasteiger partial charge in [0.25, 0.3) is 0 Å². The Morgan fingerprint density at radius 3 is 2.56 bits per heavy atom. The third-order valence-electron chi connectivity index (χ3n) is 4.00. The molecule has 1 N–H and O–H groups in total. The number of ether oxygens (including phenoxy) is 1. The van der Waals surface area contributed by atoms with Crippen LogP contribution in [0.2, 0.25) is 0 Å². The molecule has 0 saturated heterocycles. The summed E-state index contributed by atoms with van der Waals surface area (Å²) in [4.78, 5) is 2.19. The summed E-state index contributed by atoms with van der Waals surface area (Å²) in [5.74, 6) is 0.700. The zero-order valence-corrected chi connectivity index (χ0v) is 16.1. The number of hydrogen-bond donors (Lipinski definition) is 1. The summed E-state index contributed by atoms with van der Waals surface area (Å²) in [6.07, 6.45) is 2.01. The first-order valence-electron chi connectivity index (χ1n) is 8.49. The second kappa shape index (κ2) is 8.36. The van der Waals surface area contributed by atoms with E-state index in [1.165, 1.54) is 5.56 Å². The second-order valence-corrected chi connectivity index (χ2v) is 8.14. The number of benzene rings is 2. The largest absolute Gasteiger partial charge is 0.492 e. The first kappa shape index (κ1) is 19.1. The quantitative estimate of drug-likeness (QED) is 0.598. The Labute approximate surface area is 158 Å². The topological polar surface area (TPSA) is 97.6 Å². The minimum absolute atomic E-state index is 0.515. The van der Waals surface area contributed by atoms with Crippen LogP contribution in [-0.2, 0) is 16.4 Å². The van der Waals surface area contributed by atoms with Gasteiger partial charge in [0.05, 0.1) is 6.26 Å². The monoisotopic (exact) mass is 390 g/mol. The van der Waals surface area contributed by atoms with Gasteiger partial charge in [-0.05, 0) is 65.7 Å². The standard InChI is InChI=1S/C18H22N4O4S/c1-22(10-9-14-3-8-17-18(13-14)20-26-19-17)11-12-25-16-6-4-15(5-7-16)21-27(2,23)24/h3-8,13,21H,9-12H2,1-2H3. The molecule has 0 radical (unpaired) electrons. The van der Waals surface area contributed by atoms with Gasteiger partial charge in [-0.15, -0.1) is 0 Å². The van der Waals surface area contributed by atoms with Crippen LogP contribution in [0.5, 0.6) is 5.75 Å². The van der Waals surface area contributed by atoms with Crippen molar-refractivity contribution in [1.29, 1.82) is 0 Å². The molecule has 8 nitrogen and oxygen atoms in total. The lowest BCUT2D eigenvalue weighted by Crippen LogP contribution is -2.26. The predicted octanol–water partition coefficient (Wildman–Crippen LogP) is 2.15. The van der Waals surface area contributed by atoms with Gasteiger partial charge in [-0.25, -0.2) is 13.0 Å². The third kappa shape index (κ3) is 5.93. The van der Waals surface area contributed by atoms with E-state index in [-0.39, 0.29) is 0 Å². The highest BCUT2D eigenvalue weighted by atomic mass is 32.2. The van der Waals surface area contributed by atoms with E-state index in [2.05, 4.69) is 19.9 Å². The Morgan fingerprint density at radius 1 is 1.07 bits per heavy atom. The van der Waals surface area contributed by atoms with Crippen LogP contribution < -0.4 is 9.46 Å². The summed E-state index contributed by atoms with van der Waals surface area (Å²) in [7, 11) is -1.23. The van der Waals surface area contributed by atoms with Gasteiger partial charge in [-0.1, -0.05) is 6.07 Å². The van der Waals surface area contributed by atoms with Crippen molar-refractivity contribution in [3.63, 3.8) is 0 Å². The molecular weight excluding hydrogens is 368 g/mol. The highest BCUT2D eigenvalue weighted by Crippen LogP contribution is 2.16. The second-order valence-electron chi connectivity index (χ2n) is 6.39. The van der Waals surface area contributed by atoms with Gasteiger partial charge in [0.2, 0.25) is 10.0 Å². The average Bonchev–Trinajstić information content (AvgIpc) is 3.08. The molecule has 9 heteroatoms. The van der Waals surface area contributed by atoms with Gasteiger partial charge in [0.15, 0.2) is 0 Å². The molecule has 1 heterocycles. The molecule has 0 aliphatic rings. The number of rotatable bonds is 9. The molecule has 0 bridgehead atoms. The van der Waals surface area contributed by atoms with Crippen LogP contribution >= 0.6 is 0 Å². The van der Waals surface area contributed by atoms with Crippen molar-refractivity contribution in [2.75, 3.05) is 37.7 Å². The van der Waals surface area contributed by atoms with E-state index >= 15 is 0 Å². The highest BCUT2D eigenvalue weighted by Gasteiger charge is 2.05. The lowest BCUT2D eigenvalue weighted by molar-refractivity contribution is 0.239. The van der Waals surface area contributed by atoms with Crippen molar-refractivity contribution in [3.05, 3.63) is 48.0 Å². The lowest BCUT2D eigenvalue weighted by Gasteiger charge is -2.17. The Hall–Kier alpha value is -2.65. The number of fused-ring (bicyclic) bond motifs is 1. The van der Waals surface area contributed by atoms with Crippen LogP contribution in [0.25, 0.3) is 11.0 Å². The van der Waals surface area contributed by atoms with E-state index in [0.29, 0.717) is 18.0 Å². The molecular formula is C18H22N4O4S. The molecule has 0 atom stereocenters. The van der Waals surface area contributed by atoms with Crippen LogP contribution in [0.3, 0.4) is 0 Å². The summed E-state index contributed by atoms with van der Waals surface area (Å²) in [5, 5.41) is 7.66. The minimum Gasteiger partial charge on any atom is -0.492 e. The van der Waals surface area contributed by atoms with E-state index in [1.807, 2.05) is 25.2 Å². The van der Waals surface area contributed by atoms with Gasteiger partial charge >= 0.3 is 0 Å². The van der Waals surface area contributed by atoms with Gasteiger partial charge in [0, 0.05) is 18.8 Å². The fourth-order valence-corrected chi connectivity index (χ4v) is 3.13. The van der Waals surface area contributed by atoms with Crippen molar-refractivity contribution >= 4 is 26.7 Å². The molecule has 2 aromatic carbocycles. The number of nitrogens with one attached hydrogen (secondary N) is 1. The first-order chi connectivity index (χ1) is 12.9. The van der Waals surface area contributed by atoms with Crippen molar-refractivity contribution < 1.29 is 17.8 Å². The van der Waals surface area contributed by atoms with Crippen LogP contribution in [0.1, 0.15) is 5.56 Å². The summed E-state index contributed by atoms with van der Waals surface area (Å²) in [6.45, 7) is 2.20. The molecule has 0 spiro atoms. The summed E-state index contributed by atoms with van der Waals surface area (Å²) in [5.41, 5.74) is 3.23. The Morgan fingerprint density at radius 2 is 1.81 bits per heavy atom. The zero-order valence-electron chi connectivity index (χ0n) is 15.3. The summed E-state index contributed by atoms with van der Waals surface area (Å²) < 4.78 is 35.2. The zero-order chi connectivity index (χ0) is 19.3. The van der Waals surface area contributed by atoms with Crippen molar-refractivity contribution in [1.82, 2.24) is 15.2 Å². The van der Waals surface area contributed by atoms with E-state index in [9.17, 15) is 8.42 Å². The predicted molar refractivity (Wildman–Crippen MR) is 103 cm³/mol. The van der Waals surface area contributed by atoms with Crippen LogP contribution in [0.4, 0.5) is 5.69 Å². The van der Waals surface area contributed by atoms with E-state index in [4.69, 9.17) is 9.37 Å². The van der Waals surface area contributed by atoms with E-state index in [1.54, 1.807) is 24.3 Å². The number of hydrogen-bond acceptors (Lipinski definition) is 7. The molecule has 0 aliphatic heterocycles. The molecule has 27 heavy (non-hydrogen) atoms. The highest BCUT2D eigenvalue weighted by molar-refractivity contribution is 7.92. The smallest absolute Gasteiger partial charge is 0.229 e. The third-order valence-corrected chi connectivity index (χ3v) is 4.61. The lowest BCUT2D eigenvalue weighted by atomic mass is 10.1. The maximum atomic E-state index is 11.2. The van der Waals surface area contributed by atoms with Crippen molar-refractivity contribution in [2.24, 2.45) is 0 Å². The Bertz CT molecular complexity index is 986. The maximum absolute atomic E-state index is 11.2. The SMILES string of the molecule is CN(CCOc1ccc(NS(C)(=O)=O)cc1)CCc1ccc2nonc2c1. The molecule has 0 amide bonds. The Kier molecular flexibility index (Phi) is 5.92. The number of nitrogens with zero attached hydrogens (tertiary/aromatic N) is 3. The maximum Gasteiger partial charge on any atom is 0.229 e. The fraction of sp³-hybridized carbons (Fsp3) is 0.333. The molecule has 0 aliphatic carbocycles. The first-order valence-corrected chi connectivity index (χ1v) is 10.4. The van der Waals surface area contributed by atoms with E-state index < -0.39 is 10.0 Å². The van der Waals surface area contributed by atoms with Crippen molar-refractivity contribution in [3.8, 4) is 5.75 Å². The van der Waals surface area contributed by atoms with Crippen LogP contribution in [-0.4, -0.2) is 56.6 Å². The molecule has 144 valence electrons. The van der Waals surface area contributed by atoms with Crippen molar-refractivity contribution in [2.45, 2.75) is 6.42 Å². The summed E-state index contributed by atoms with van der Waals surface area (Å²) >= 11 is 0. The normalized spacial score (nSPS) is 11.8. The van der Waals surface area contributed by atoms with Gasteiger partial charge in [0.1, 0.15) is 23.4 Å².